The van der Waals surface area contributed by atoms with Gasteiger partial charge in [0, 0.05) is 12.1 Å². The SMILES string of the molecule is N#Cc1cc2c(c([N+](=O)[O-])c1)NCC(F)(F)CO2. The number of nitrogens with one attached hydrogen (secondary N) is 1. The van der Waals surface area contributed by atoms with Crippen molar-refractivity contribution in [1.82, 2.24) is 0 Å². The number of hydrogen-bond acceptors (Lipinski definition) is 5. The highest BCUT2D eigenvalue weighted by molar-refractivity contribution is 5.73. The first-order chi connectivity index (χ1) is 8.43. The molecule has 6 nitrogen and oxygen atoms in total. The van der Waals surface area contributed by atoms with Crippen LogP contribution in [0.4, 0.5) is 20.2 Å². The van der Waals surface area contributed by atoms with E-state index in [4.69, 9.17) is 10.00 Å². The lowest BCUT2D eigenvalue weighted by molar-refractivity contribution is -0.384. The summed E-state index contributed by atoms with van der Waals surface area (Å²) >= 11 is 0. The summed E-state index contributed by atoms with van der Waals surface area (Å²) in [7, 11) is 0. The summed E-state index contributed by atoms with van der Waals surface area (Å²) in [5.41, 5.74) is -0.606. The van der Waals surface area contributed by atoms with Gasteiger partial charge in [-0.15, -0.1) is 0 Å². The lowest BCUT2D eigenvalue weighted by atomic mass is 10.1. The summed E-state index contributed by atoms with van der Waals surface area (Å²) in [6.07, 6.45) is 0. The number of alkyl halides is 2. The molecule has 0 aliphatic carbocycles. The Hall–Kier alpha value is -2.43. The zero-order chi connectivity index (χ0) is 13.3. The van der Waals surface area contributed by atoms with E-state index >= 15 is 0 Å². The maximum Gasteiger partial charge on any atom is 0.298 e. The number of rotatable bonds is 1. The number of anilines is 1. The monoisotopic (exact) mass is 255 g/mol. The maximum absolute atomic E-state index is 13.1. The van der Waals surface area contributed by atoms with E-state index in [1.165, 1.54) is 6.07 Å². The number of hydrogen-bond donors (Lipinski definition) is 1. The average molecular weight is 255 g/mol. The minimum absolute atomic E-state index is 0.0209. The van der Waals surface area contributed by atoms with Gasteiger partial charge in [-0.3, -0.25) is 10.1 Å². The van der Waals surface area contributed by atoms with Gasteiger partial charge in [-0.2, -0.15) is 5.26 Å². The molecule has 0 spiro atoms. The zero-order valence-electron chi connectivity index (χ0n) is 8.94. The molecule has 0 amide bonds. The number of nitrogens with zero attached hydrogens (tertiary/aromatic N) is 2. The van der Waals surface area contributed by atoms with Gasteiger partial charge >= 0.3 is 0 Å². The summed E-state index contributed by atoms with van der Waals surface area (Å²) < 4.78 is 31.1. The number of halogens is 2. The second-order valence-corrected chi connectivity index (χ2v) is 3.74. The van der Waals surface area contributed by atoms with Crippen molar-refractivity contribution < 1.29 is 18.4 Å². The molecule has 1 aliphatic heterocycles. The number of nitriles is 1. The Balaban J connectivity index is 2.53. The van der Waals surface area contributed by atoms with Gasteiger partial charge in [0.25, 0.3) is 11.6 Å². The van der Waals surface area contributed by atoms with Crippen LogP contribution in [-0.4, -0.2) is 24.0 Å². The van der Waals surface area contributed by atoms with Crippen LogP contribution in [-0.2, 0) is 0 Å². The summed E-state index contributed by atoms with van der Waals surface area (Å²) in [5, 5.41) is 21.8. The Morgan fingerprint density at radius 2 is 2.28 bits per heavy atom. The Kier molecular flexibility index (Phi) is 2.74. The lowest BCUT2D eigenvalue weighted by Gasteiger charge is -2.11. The number of benzene rings is 1. The number of nitro benzene ring substituents is 1. The smallest absolute Gasteiger partial charge is 0.298 e. The van der Waals surface area contributed by atoms with Crippen LogP contribution in [0.1, 0.15) is 5.56 Å². The average Bonchev–Trinajstić information content (AvgIpc) is 2.47. The third-order valence-corrected chi connectivity index (χ3v) is 2.37. The van der Waals surface area contributed by atoms with Crippen LogP contribution in [0.2, 0.25) is 0 Å². The van der Waals surface area contributed by atoms with E-state index in [-0.39, 0.29) is 17.0 Å². The van der Waals surface area contributed by atoms with Gasteiger partial charge in [0.1, 0.15) is 0 Å². The molecule has 1 aliphatic rings. The van der Waals surface area contributed by atoms with Crippen LogP contribution < -0.4 is 10.1 Å². The van der Waals surface area contributed by atoms with Crippen LogP contribution in [0.5, 0.6) is 5.75 Å². The van der Waals surface area contributed by atoms with Crippen molar-refractivity contribution in [1.29, 1.82) is 5.26 Å². The van der Waals surface area contributed by atoms with Crippen LogP contribution in [0.25, 0.3) is 0 Å². The normalized spacial score (nSPS) is 16.5. The van der Waals surface area contributed by atoms with Gasteiger partial charge < -0.3 is 10.1 Å². The minimum atomic E-state index is -3.13. The fraction of sp³-hybridized carbons (Fsp3) is 0.300. The fourth-order valence-electron chi connectivity index (χ4n) is 1.55. The van der Waals surface area contributed by atoms with Gasteiger partial charge in [0.05, 0.1) is 23.1 Å². The van der Waals surface area contributed by atoms with E-state index in [1.54, 1.807) is 6.07 Å². The number of ether oxygens (including phenoxy) is 1. The van der Waals surface area contributed by atoms with E-state index in [0.717, 1.165) is 6.07 Å². The van der Waals surface area contributed by atoms with E-state index in [0.29, 0.717) is 0 Å². The quantitative estimate of drug-likeness (QED) is 0.611. The second-order valence-electron chi connectivity index (χ2n) is 3.74. The molecular weight excluding hydrogens is 248 g/mol. The van der Waals surface area contributed by atoms with Crippen molar-refractivity contribution in [3.05, 3.63) is 27.8 Å². The van der Waals surface area contributed by atoms with Crippen LogP contribution in [0.15, 0.2) is 12.1 Å². The first-order valence-corrected chi connectivity index (χ1v) is 4.90. The minimum Gasteiger partial charge on any atom is -0.485 e. The van der Waals surface area contributed by atoms with Gasteiger partial charge in [-0.25, -0.2) is 8.78 Å². The molecule has 94 valence electrons. The molecule has 8 heteroatoms. The van der Waals surface area contributed by atoms with Gasteiger partial charge in [-0.1, -0.05) is 0 Å². The molecule has 1 aromatic rings. The standard InChI is InChI=1S/C10H7F2N3O3/c11-10(12)4-14-9-7(15(16)17)1-6(3-13)2-8(9)18-5-10/h1-2,14H,4-5H2. The van der Waals surface area contributed by atoms with Crippen LogP contribution in [0, 0.1) is 21.4 Å². The molecule has 0 saturated carbocycles. The molecule has 0 fully saturated rings. The summed E-state index contributed by atoms with van der Waals surface area (Å²) in [4.78, 5) is 10.1. The van der Waals surface area contributed by atoms with Crippen molar-refractivity contribution in [2.45, 2.75) is 5.92 Å². The molecule has 0 radical (unpaired) electrons. The molecule has 1 aromatic carbocycles. The predicted octanol–water partition coefficient (Wildman–Crippen LogP) is 1.91. The van der Waals surface area contributed by atoms with Crippen LogP contribution in [0.3, 0.4) is 0 Å². The molecular formula is C10H7F2N3O3. The van der Waals surface area contributed by atoms with E-state index in [2.05, 4.69) is 5.32 Å². The highest BCUT2D eigenvalue weighted by Gasteiger charge is 2.35. The van der Waals surface area contributed by atoms with Crippen LogP contribution >= 0.6 is 0 Å². The molecule has 0 saturated heterocycles. The van der Waals surface area contributed by atoms with Crippen molar-refractivity contribution in [3.63, 3.8) is 0 Å². The van der Waals surface area contributed by atoms with Gasteiger partial charge in [0.2, 0.25) is 0 Å². The van der Waals surface area contributed by atoms with Crippen molar-refractivity contribution >= 4 is 11.4 Å². The van der Waals surface area contributed by atoms with Crippen molar-refractivity contribution in [3.8, 4) is 11.8 Å². The maximum atomic E-state index is 13.1. The van der Waals surface area contributed by atoms with E-state index < -0.39 is 29.7 Å². The Bertz CT molecular complexity index is 554. The predicted molar refractivity (Wildman–Crippen MR) is 56.7 cm³/mol. The molecule has 0 atom stereocenters. The lowest BCUT2D eigenvalue weighted by Crippen LogP contribution is -2.31. The largest absolute Gasteiger partial charge is 0.485 e. The van der Waals surface area contributed by atoms with Gasteiger partial charge in [0.15, 0.2) is 18.0 Å². The number of nitro groups is 1. The molecule has 0 aromatic heterocycles. The summed E-state index contributed by atoms with van der Waals surface area (Å²) in [6.45, 7) is -1.65. The van der Waals surface area contributed by atoms with Gasteiger partial charge in [-0.05, 0) is 0 Å². The second kappa shape index (κ2) is 4.10. The highest BCUT2D eigenvalue weighted by atomic mass is 19.3. The highest BCUT2D eigenvalue weighted by Crippen LogP contribution is 2.38. The molecule has 0 bridgehead atoms. The third kappa shape index (κ3) is 2.15. The molecule has 0 unspecified atom stereocenters. The van der Waals surface area contributed by atoms with Crippen molar-refractivity contribution in [2.24, 2.45) is 0 Å². The topological polar surface area (TPSA) is 88.2 Å². The van der Waals surface area contributed by atoms with Crippen molar-refractivity contribution in [2.75, 3.05) is 18.5 Å². The van der Waals surface area contributed by atoms with E-state index in [1.807, 2.05) is 0 Å². The summed E-state index contributed by atoms with van der Waals surface area (Å²) in [5.74, 6) is -3.24. The first-order valence-electron chi connectivity index (χ1n) is 4.90. The molecule has 2 rings (SSSR count). The Morgan fingerprint density at radius 1 is 1.56 bits per heavy atom. The Labute approximate surface area is 99.9 Å². The zero-order valence-corrected chi connectivity index (χ0v) is 8.94. The molecule has 1 N–H and O–H groups in total. The third-order valence-electron chi connectivity index (χ3n) is 2.37. The fourth-order valence-corrected chi connectivity index (χ4v) is 1.55. The molecule has 18 heavy (non-hydrogen) atoms. The Morgan fingerprint density at radius 3 is 2.89 bits per heavy atom. The first kappa shape index (κ1) is 12.0. The summed E-state index contributed by atoms with van der Waals surface area (Å²) in [6, 6.07) is 3.92. The number of fused-ring (bicyclic) bond motifs is 1. The van der Waals surface area contributed by atoms with E-state index in [9.17, 15) is 18.9 Å². The molecule has 1 heterocycles.